The predicted molar refractivity (Wildman–Crippen MR) is 119 cm³/mol. The van der Waals surface area contributed by atoms with Crippen LogP contribution in [-0.4, -0.2) is 35.2 Å². The zero-order valence-corrected chi connectivity index (χ0v) is 18.7. The fourth-order valence-corrected chi connectivity index (χ4v) is 6.58. The van der Waals surface area contributed by atoms with Crippen LogP contribution >= 0.6 is 15.9 Å². The van der Waals surface area contributed by atoms with E-state index in [1.807, 2.05) is 24.3 Å². The third-order valence-corrected chi connectivity index (χ3v) is 8.08. The highest BCUT2D eigenvalue weighted by atomic mass is 79.9. The number of anilines is 2. The zero-order chi connectivity index (χ0) is 21.5. The lowest BCUT2D eigenvalue weighted by molar-refractivity contribution is -0.135. The molecular weight excluding hydrogens is 458 g/mol. The van der Waals surface area contributed by atoms with Crippen molar-refractivity contribution in [1.82, 2.24) is 4.90 Å². The molecule has 6 nitrogen and oxygen atoms in total. The molecule has 31 heavy (non-hydrogen) atoms. The Kier molecular flexibility index (Phi) is 4.02. The van der Waals surface area contributed by atoms with Crippen LogP contribution < -0.4 is 10.2 Å². The van der Waals surface area contributed by atoms with Crippen molar-refractivity contribution < 1.29 is 14.4 Å². The van der Waals surface area contributed by atoms with Crippen molar-refractivity contribution in [2.75, 3.05) is 16.8 Å². The molecule has 0 unspecified atom stereocenters. The minimum absolute atomic E-state index is 0.0936. The number of halogens is 1. The fourth-order valence-electron chi connectivity index (χ4n) is 6.31. The van der Waals surface area contributed by atoms with Gasteiger partial charge in [-0.15, -0.1) is 0 Å². The van der Waals surface area contributed by atoms with E-state index in [1.165, 1.54) is 4.90 Å². The molecule has 3 fully saturated rings. The molecule has 1 N–H and O–H groups in total. The highest BCUT2D eigenvalue weighted by Gasteiger charge is 2.74. The Morgan fingerprint density at radius 3 is 2.61 bits per heavy atom. The van der Waals surface area contributed by atoms with Gasteiger partial charge in [-0.3, -0.25) is 19.3 Å². The molecule has 3 amide bonds. The molecule has 0 saturated carbocycles. The van der Waals surface area contributed by atoms with Crippen LogP contribution in [0.5, 0.6) is 0 Å². The third-order valence-electron chi connectivity index (χ3n) is 7.55. The van der Waals surface area contributed by atoms with Gasteiger partial charge in [-0.2, -0.15) is 0 Å². The summed E-state index contributed by atoms with van der Waals surface area (Å²) in [6, 6.07) is 13.1. The number of benzene rings is 2. The van der Waals surface area contributed by atoms with Crippen molar-refractivity contribution in [3.05, 3.63) is 58.1 Å². The van der Waals surface area contributed by atoms with Crippen molar-refractivity contribution in [3.63, 3.8) is 0 Å². The van der Waals surface area contributed by atoms with Crippen LogP contribution in [0, 0.1) is 11.8 Å². The maximum absolute atomic E-state index is 13.9. The number of aryl methyl sites for hydroxylation is 1. The summed E-state index contributed by atoms with van der Waals surface area (Å²) >= 11 is 3.41. The number of nitrogens with one attached hydrogen (secondary N) is 1. The summed E-state index contributed by atoms with van der Waals surface area (Å²) in [5.41, 5.74) is 2.19. The van der Waals surface area contributed by atoms with Gasteiger partial charge >= 0.3 is 0 Å². The van der Waals surface area contributed by atoms with E-state index in [0.29, 0.717) is 5.69 Å². The van der Waals surface area contributed by atoms with E-state index >= 15 is 0 Å². The summed E-state index contributed by atoms with van der Waals surface area (Å²) in [6.45, 7) is 2.80. The number of fused-ring (bicyclic) bond motifs is 7. The van der Waals surface area contributed by atoms with Gasteiger partial charge in [0.2, 0.25) is 17.7 Å². The number of hydrogen-bond donors (Lipinski definition) is 1. The minimum Gasteiger partial charge on any atom is -0.324 e. The van der Waals surface area contributed by atoms with Crippen LogP contribution in [0.25, 0.3) is 0 Å². The molecule has 2 aromatic rings. The van der Waals surface area contributed by atoms with Gasteiger partial charge in [-0.05, 0) is 61.7 Å². The molecule has 0 aromatic heterocycles. The highest BCUT2D eigenvalue weighted by Crippen LogP contribution is 2.60. The number of carbonyl (C=O) groups is 3. The van der Waals surface area contributed by atoms with Crippen LogP contribution in [0.2, 0.25) is 0 Å². The summed E-state index contributed by atoms with van der Waals surface area (Å²) < 4.78 is 0.880. The Labute approximate surface area is 188 Å². The number of imide groups is 1. The van der Waals surface area contributed by atoms with Gasteiger partial charge in [-0.1, -0.05) is 35.0 Å². The summed E-state index contributed by atoms with van der Waals surface area (Å²) in [7, 11) is 0. The number of carbonyl (C=O) groups excluding carboxylic acids is 3. The topological polar surface area (TPSA) is 69.7 Å². The first-order valence-corrected chi connectivity index (χ1v) is 11.6. The van der Waals surface area contributed by atoms with Gasteiger partial charge in [-0.25, -0.2) is 4.90 Å². The maximum atomic E-state index is 13.9. The summed E-state index contributed by atoms with van der Waals surface area (Å²) in [6.07, 6.45) is 2.59. The molecule has 0 bridgehead atoms. The minimum atomic E-state index is -1.11. The second kappa shape index (κ2) is 6.50. The molecule has 4 atom stereocenters. The Balaban J connectivity index is 1.55. The van der Waals surface area contributed by atoms with E-state index < -0.39 is 17.4 Å². The second-order valence-electron chi connectivity index (χ2n) is 8.85. The second-order valence-corrected chi connectivity index (χ2v) is 9.76. The molecule has 2 aromatic carbocycles. The lowest BCUT2D eigenvalue weighted by atomic mass is 9.75. The van der Waals surface area contributed by atoms with E-state index in [0.717, 1.165) is 47.1 Å². The monoisotopic (exact) mass is 479 g/mol. The molecule has 0 radical (unpaired) electrons. The molecule has 6 rings (SSSR count). The van der Waals surface area contributed by atoms with Gasteiger partial charge < -0.3 is 5.32 Å². The van der Waals surface area contributed by atoms with E-state index in [9.17, 15) is 14.4 Å². The van der Waals surface area contributed by atoms with E-state index in [-0.39, 0.29) is 23.8 Å². The van der Waals surface area contributed by atoms with Gasteiger partial charge in [0.25, 0.3) is 0 Å². The predicted octanol–water partition coefficient (Wildman–Crippen LogP) is 3.44. The molecule has 4 aliphatic rings. The Morgan fingerprint density at radius 2 is 1.87 bits per heavy atom. The lowest BCUT2D eigenvalue weighted by Gasteiger charge is -2.36. The van der Waals surface area contributed by atoms with Crippen LogP contribution in [0.15, 0.2) is 46.9 Å². The molecular formula is C24H22BrN3O3. The molecule has 7 heteroatoms. The van der Waals surface area contributed by atoms with Crippen molar-refractivity contribution in [1.29, 1.82) is 0 Å². The maximum Gasteiger partial charge on any atom is 0.250 e. The normalized spacial score (nSPS) is 31.4. The summed E-state index contributed by atoms with van der Waals surface area (Å²) in [4.78, 5) is 44.6. The number of rotatable bonds is 2. The number of hydrogen-bond acceptors (Lipinski definition) is 4. The van der Waals surface area contributed by atoms with Crippen molar-refractivity contribution >= 4 is 45.0 Å². The largest absolute Gasteiger partial charge is 0.324 e. The smallest absolute Gasteiger partial charge is 0.250 e. The number of nitrogens with zero attached hydrogens (tertiary/aromatic N) is 2. The Bertz CT molecular complexity index is 1150. The van der Waals surface area contributed by atoms with Crippen molar-refractivity contribution in [3.8, 4) is 0 Å². The molecule has 158 valence electrons. The van der Waals surface area contributed by atoms with E-state index in [1.54, 1.807) is 12.1 Å². The van der Waals surface area contributed by atoms with Crippen LogP contribution in [-0.2, 0) is 26.3 Å². The van der Waals surface area contributed by atoms with Crippen LogP contribution in [0.3, 0.4) is 0 Å². The average Bonchev–Trinajstić information content (AvgIpc) is 3.47. The quantitative estimate of drug-likeness (QED) is 0.669. The standard InChI is InChI=1S/C24H22BrN3O3/c1-2-13-5-10-17-16(12-13)24(23(31)26-17)20-19(18-4-3-11-27(18)24)21(29)28(22(20)30)15-8-6-14(25)7-9-15/h5-10,12,18-20H,2-4,11H2,1H3,(H,26,31)/t18-,19-,20-,24+/m0/s1. The van der Waals surface area contributed by atoms with Crippen LogP contribution in [0.1, 0.15) is 30.9 Å². The van der Waals surface area contributed by atoms with Gasteiger partial charge in [0.05, 0.1) is 17.5 Å². The van der Waals surface area contributed by atoms with E-state index in [4.69, 9.17) is 0 Å². The molecule has 0 aliphatic carbocycles. The first kappa shape index (κ1) is 19.2. The fraction of sp³-hybridized carbons (Fsp3) is 0.375. The number of amides is 3. The first-order valence-electron chi connectivity index (χ1n) is 10.8. The van der Waals surface area contributed by atoms with Gasteiger partial charge in [0.15, 0.2) is 0 Å². The van der Waals surface area contributed by atoms with Crippen molar-refractivity contribution in [2.45, 2.75) is 37.8 Å². The van der Waals surface area contributed by atoms with E-state index in [2.05, 4.69) is 39.1 Å². The Hall–Kier alpha value is -2.51. The van der Waals surface area contributed by atoms with Gasteiger partial charge in [0.1, 0.15) is 5.54 Å². The van der Waals surface area contributed by atoms with Gasteiger partial charge in [0, 0.05) is 21.8 Å². The molecule has 1 spiro atoms. The van der Waals surface area contributed by atoms with Crippen LogP contribution in [0.4, 0.5) is 11.4 Å². The molecule has 3 saturated heterocycles. The lowest BCUT2D eigenvalue weighted by Crippen LogP contribution is -2.54. The SMILES string of the molecule is CCc1ccc2c(c1)[C@]1(C(=O)N2)[C@@H]2C(=O)N(c3ccc(Br)cc3)C(=O)[C@H]2[C@@H]2CCCN21. The highest BCUT2D eigenvalue weighted by molar-refractivity contribution is 9.10. The Morgan fingerprint density at radius 1 is 1.10 bits per heavy atom. The zero-order valence-electron chi connectivity index (χ0n) is 17.1. The van der Waals surface area contributed by atoms with Crippen molar-refractivity contribution in [2.24, 2.45) is 11.8 Å². The third kappa shape index (κ3) is 2.28. The average molecular weight is 480 g/mol. The molecule has 4 aliphatic heterocycles. The summed E-state index contributed by atoms with van der Waals surface area (Å²) in [5, 5.41) is 3.04. The first-order chi connectivity index (χ1) is 15.0. The molecule has 4 heterocycles. The summed E-state index contributed by atoms with van der Waals surface area (Å²) in [5.74, 6) is -1.83.